The summed E-state index contributed by atoms with van der Waals surface area (Å²) in [5, 5.41) is 3.85. The minimum absolute atomic E-state index is 0.320. The fourth-order valence-corrected chi connectivity index (χ4v) is 4.16. The van der Waals surface area contributed by atoms with Gasteiger partial charge in [0.1, 0.15) is 0 Å². The molecular formula is C18H27BrN2. The van der Waals surface area contributed by atoms with Crippen LogP contribution in [0.5, 0.6) is 0 Å². The molecule has 21 heavy (non-hydrogen) atoms. The van der Waals surface area contributed by atoms with Gasteiger partial charge in [0.25, 0.3) is 0 Å². The molecule has 0 spiro atoms. The summed E-state index contributed by atoms with van der Waals surface area (Å²) >= 11 is 3.72. The van der Waals surface area contributed by atoms with Crippen LogP contribution in [-0.4, -0.2) is 29.6 Å². The van der Waals surface area contributed by atoms with E-state index in [0.717, 1.165) is 19.0 Å². The molecule has 1 atom stereocenters. The topological polar surface area (TPSA) is 15.3 Å². The summed E-state index contributed by atoms with van der Waals surface area (Å²) in [6, 6.07) is 9.38. The van der Waals surface area contributed by atoms with Gasteiger partial charge < -0.3 is 5.32 Å². The highest BCUT2D eigenvalue weighted by Crippen LogP contribution is 2.38. The van der Waals surface area contributed by atoms with E-state index in [2.05, 4.69) is 64.3 Å². The first-order valence-corrected chi connectivity index (χ1v) is 9.19. The van der Waals surface area contributed by atoms with Gasteiger partial charge in [-0.1, -0.05) is 48.0 Å². The third-order valence-electron chi connectivity index (χ3n) is 5.61. The fraction of sp³-hybridized carbons (Fsp3) is 0.667. The molecular weight excluding hydrogens is 324 g/mol. The van der Waals surface area contributed by atoms with E-state index in [1.54, 1.807) is 0 Å². The summed E-state index contributed by atoms with van der Waals surface area (Å²) in [7, 11) is 0. The van der Waals surface area contributed by atoms with Gasteiger partial charge in [-0.3, -0.25) is 4.90 Å². The van der Waals surface area contributed by atoms with Crippen LogP contribution in [0.2, 0.25) is 0 Å². The average Bonchev–Trinajstić information content (AvgIpc) is 3.34. The van der Waals surface area contributed by atoms with Crippen LogP contribution < -0.4 is 5.32 Å². The van der Waals surface area contributed by atoms with E-state index in [0.29, 0.717) is 11.6 Å². The normalized spacial score (nSPS) is 26.0. The van der Waals surface area contributed by atoms with Crippen LogP contribution in [0.15, 0.2) is 28.7 Å². The molecule has 2 aliphatic rings. The Labute approximate surface area is 137 Å². The number of nitrogens with zero attached hydrogens (tertiary/aromatic N) is 1. The molecule has 1 aliphatic heterocycles. The maximum atomic E-state index is 3.85. The van der Waals surface area contributed by atoms with Crippen molar-refractivity contribution in [1.82, 2.24) is 10.2 Å². The molecule has 2 fully saturated rings. The van der Waals surface area contributed by atoms with Crippen LogP contribution in [0.25, 0.3) is 0 Å². The predicted molar refractivity (Wildman–Crippen MR) is 92.4 cm³/mol. The van der Waals surface area contributed by atoms with Crippen molar-refractivity contribution in [1.29, 1.82) is 0 Å². The number of piperazine rings is 1. The second-order valence-corrected chi connectivity index (χ2v) is 7.58. The molecule has 1 saturated carbocycles. The van der Waals surface area contributed by atoms with E-state index in [1.165, 1.54) is 42.3 Å². The largest absolute Gasteiger partial charge is 0.311 e. The Morgan fingerprint density at radius 1 is 1.24 bits per heavy atom. The maximum absolute atomic E-state index is 3.85. The first-order chi connectivity index (χ1) is 10.2. The number of nitrogens with one attached hydrogen (secondary N) is 1. The van der Waals surface area contributed by atoms with Crippen molar-refractivity contribution in [2.24, 2.45) is 5.92 Å². The molecule has 1 heterocycles. The quantitative estimate of drug-likeness (QED) is 0.856. The van der Waals surface area contributed by atoms with Crippen molar-refractivity contribution in [2.75, 3.05) is 13.1 Å². The smallest absolute Gasteiger partial charge is 0.0333 e. The van der Waals surface area contributed by atoms with E-state index < -0.39 is 0 Å². The maximum Gasteiger partial charge on any atom is 0.0333 e. The van der Waals surface area contributed by atoms with Gasteiger partial charge in [0.15, 0.2) is 0 Å². The van der Waals surface area contributed by atoms with Crippen molar-refractivity contribution in [2.45, 2.75) is 57.7 Å². The van der Waals surface area contributed by atoms with Crippen molar-refractivity contribution >= 4 is 15.9 Å². The highest BCUT2D eigenvalue weighted by atomic mass is 79.9. The van der Waals surface area contributed by atoms with Crippen molar-refractivity contribution in [3.05, 3.63) is 34.3 Å². The number of hydrogen-bond acceptors (Lipinski definition) is 2. The zero-order valence-electron chi connectivity index (χ0n) is 13.2. The van der Waals surface area contributed by atoms with Gasteiger partial charge in [-0.2, -0.15) is 0 Å². The van der Waals surface area contributed by atoms with E-state index >= 15 is 0 Å². The monoisotopic (exact) mass is 350 g/mol. The fourth-order valence-electron chi connectivity index (χ4n) is 3.75. The Bertz CT molecular complexity index is 480. The number of halogens is 1. The summed E-state index contributed by atoms with van der Waals surface area (Å²) in [4.78, 5) is 2.76. The molecule has 1 aromatic carbocycles. The average molecular weight is 351 g/mol. The summed E-state index contributed by atoms with van der Waals surface area (Å²) in [5.41, 5.74) is 1.74. The van der Waals surface area contributed by atoms with E-state index in [-0.39, 0.29) is 0 Å². The summed E-state index contributed by atoms with van der Waals surface area (Å²) in [6.07, 6.45) is 5.29. The zero-order valence-corrected chi connectivity index (χ0v) is 14.8. The predicted octanol–water partition coefficient (Wildman–Crippen LogP) is 4.19. The van der Waals surface area contributed by atoms with Crippen LogP contribution in [0.1, 0.15) is 45.1 Å². The molecule has 116 valence electrons. The number of hydrogen-bond donors (Lipinski definition) is 1. The van der Waals surface area contributed by atoms with Crippen molar-refractivity contribution in [3.8, 4) is 0 Å². The van der Waals surface area contributed by atoms with Crippen LogP contribution in [0.4, 0.5) is 0 Å². The molecule has 2 nitrogen and oxygen atoms in total. The van der Waals surface area contributed by atoms with E-state index in [4.69, 9.17) is 0 Å². The SMILES string of the molecule is CCC1(CC)CNC(C2CC2)CN1Cc1ccccc1Br. The second-order valence-electron chi connectivity index (χ2n) is 6.73. The van der Waals surface area contributed by atoms with E-state index in [1.807, 2.05) is 0 Å². The number of benzene rings is 1. The van der Waals surface area contributed by atoms with Gasteiger partial charge in [0, 0.05) is 35.7 Å². The minimum Gasteiger partial charge on any atom is -0.311 e. The highest BCUT2D eigenvalue weighted by molar-refractivity contribution is 9.10. The molecule has 1 N–H and O–H groups in total. The Balaban J connectivity index is 1.80. The van der Waals surface area contributed by atoms with Crippen molar-refractivity contribution in [3.63, 3.8) is 0 Å². The lowest BCUT2D eigenvalue weighted by molar-refractivity contribution is 0.0201. The molecule has 0 aromatic heterocycles. The number of rotatable bonds is 5. The van der Waals surface area contributed by atoms with E-state index in [9.17, 15) is 0 Å². The van der Waals surface area contributed by atoms with Crippen LogP contribution in [0.3, 0.4) is 0 Å². The molecule has 0 radical (unpaired) electrons. The second kappa shape index (κ2) is 6.39. The standard InChI is InChI=1S/C18H27BrN2/c1-3-18(4-2)13-20-17(14-9-10-14)12-21(18)11-15-7-5-6-8-16(15)19/h5-8,14,17,20H,3-4,9-13H2,1-2H3. The Kier molecular flexibility index (Phi) is 4.72. The third kappa shape index (κ3) is 3.20. The lowest BCUT2D eigenvalue weighted by Crippen LogP contribution is -2.64. The molecule has 0 bridgehead atoms. The molecule has 0 amide bonds. The van der Waals surface area contributed by atoms with Gasteiger partial charge in [-0.05, 0) is 43.2 Å². The van der Waals surface area contributed by atoms with Crippen LogP contribution >= 0.6 is 15.9 Å². The minimum atomic E-state index is 0.320. The third-order valence-corrected chi connectivity index (χ3v) is 6.38. The van der Waals surface area contributed by atoms with Gasteiger partial charge in [-0.25, -0.2) is 0 Å². The molecule has 1 saturated heterocycles. The summed E-state index contributed by atoms with van der Waals surface area (Å²) in [6.45, 7) is 8.10. The Hall–Kier alpha value is -0.380. The summed E-state index contributed by atoms with van der Waals surface area (Å²) < 4.78 is 1.24. The molecule has 3 rings (SSSR count). The summed E-state index contributed by atoms with van der Waals surface area (Å²) in [5.74, 6) is 0.929. The van der Waals surface area contributed by atoms with Gasteiger partial charge in [-0.15, -0.1) is 0 Å². The first kappa shape index (κ1) is 15.5. The molecule has 1 unspecified atom stereocenters. The Morgan fingerprint density at radius 3 is 2.57 bits per heavy atom. The molecule has 1 aromatic rings. The molecule has 3 heteroatoms. The zero-order chi connectivity index (χ0) is 14.9. The lowest BCUT2D eigenvalue weighted by Gasteiger charge is -2.50. The Morgan fingerprint density at radius 2 is 1.95 bits per heavy atom. The van der Waals surface area contributed by atoms with Crippen LogP contribution in [0, 0.1) is 5.92 Å². The van der Waals surface area contributed by atoms with Crippen LogP contribution in [-0.2, 0) is 6.54 Å². The lowest BCUT2D eigenvalue weighted by atomic mass is 9.86. The van der Waals surface area contributed by atoms with Gasteiger partial charge in [0.2, 0.25) is 0 Å². The molecule has 1 aliphatic carbocycles. The van der Waals surface area contributed by atoms with Crippen molar-refractivity contribution < 1.29 is 0 Å². The highest BCUT2D eigenvalue weighted by Gasteiger charge is 2.43. The first-order valence-electron chi connectivity index (χ1n) is 8.40. The van der Waals surface area contributed by atoms with Gasteiger partial charge >= 0.3 is 0 Å². The van der Waals surface area contributed by atoms with Gasteiger partial charge in [0.05, 0.1) is 0 Å².